The van der Waals surface area contributed by atoms with Crippen LogP contribution in [0, 0.1) is 5.82 Å². The maximum absolute atomic E-state index is 13.1. The van der Waals surface area contributed by atoms with Gasteiger partial charge in [0.25, 0.3) is 0 Å². The van der Waals surface area contributed by atoms with Crippen LogP contribution in [0.3, 0.4) is 0 Å². The predicted octanol–water partition coefficient (Wildman–Crippen LogP) is 2.40. The molecule has 1 aliphatic rings. The molecule has 2 nitrogen and oxygen atoms in total. The van der Waals surface area contributed by atoms with Crippen LogP contribution in [0.25, 0.3) is 0 Å². The Labute approximate surface area is 83.5 Å². The summed E-state index contributed by atoms with van der Waals surface area (Å²) < 4.78 is 13.1. The highest BCUT2D eigenvalue weighted by molar-refractivity contribution is 5.56. The van der Waals surface area contributed by atoms with Crippen molar-refractivity contribution in [3.05, 3.63) is 24.0 Å². The van der Waals surface area contributed by atoms with Crippen LogP contribution in [0.15, 0.2) is 18.2 Å². The lowest BCUT2D eigenvalue weighted by Crippen LogP contribution is -2.29. The lowest BCUT2D eigenvalue weighted by molar-refractivity contribution is 0.574. The fraction of sp³-hybridized carbons (Fsp3) is 0.455. The molecular weight excluding hydrogens is 179 g/mol. The summed E-state index contributed by atoms with van der Waals surface area (Å²) in [6, 6.07) is 4.75. The summed E-state index contributed by atoms with van der Waals surface area (Å²) in [5.41, 5.74) is 7.02. The molecule has 0 aromatic heterocycles. The van der Waals surface area contributed by atoms with Crippen LogP contribution in [0.4, 0.5) is 15.8 Å². The first-order valence-electron chi connectivity index (χ1n) is 5.07. The van der Waals surface area contributed by atoms with Crippen molar-refractivity contribution in [3.63, 3.8) is 0 Å². The van der Waals surface area contributed by atoms with Crippen LogP contribution in [0.1, 0.15) is 19.3 Å². The van der Waals surface area contributed by atoms with Crippen LogP contribution in [0.5, 0.6) is 0 Å². The lowest BCUT2D eigenvalue weighted by atomic mass is 10.1. The maximum atomic E-state index is 13.1. The summed E-state index contributed by atoms with van der Waals surface area (Å²) in [5.74, 6) is -0.245. The molecule has 1 saturated heterocycles. The van der Waals surface area contributed by atoms with E-state index in [0.29, 0.717) is 5.69 Å². The Hall–Kier alpha value is -1.25. The van der Waals surface area contributed by atoms with Crippen LogP contribution in [-0.4, -0.2) is 13.1 Å². The Morgan fingerprint density at radius 1 is 1.07 bits per heavy atom. The van der Waals surface area contributed by atoms with Crippen molar-refractivity contribution in [2.24, 2.45) is 0 Å². The monoisotopic (exact) mass is 194 g/mol. The Morgan fingerprint density at radius 3 is 2.43 bits per heavy atom. The summed E-state index contributed by atoms with van der Waals surface area (Å²) in [6.45, 7) is 2.03. The standard InChI is InChI=1S/C11H15FN2/c12-9-6-10(13)8-11(7-9)14-4-2-1-3-5-14/h6-8H,1-5,13H2. The Kier molecular flexibility index (Phi) is 2.57. The summed E-state index contributed by atoms with van der Waals surface area (Å²) >= 11 is 0. The number of rotatable bonds is 1. The van der Waals surface area contributed by atoms with Crippen molar-refractivity contribution in [2.45, 2.75) is 19.3 Å². The molecule has 0 atom stereocenters. The highest BCUT2D eigenvalue weighted by atomic mass is 19.1. The number of nitrogen functional groups attached to an aromatic ring is 1. The normalized spacial score (nSPS) is 17.1. The first kappa shape index (κ1) is 9.31. The quantitative estimate of drug-likeness (QED) is 0.695. The molecule has 76 valence electrons. The van der Waals surface area contributed by atoms with E-state index in [1.54, 1.807) is 6.07 Å². The first-order chi connectivity index (χ1) is 6.75. The maximum Gasteiger partial charge on any atom is 0.127 e. The molecule has 1 aliphatic heterocycles. The van der Waals surface area contributed by atoms with E-state index in [9.17, 15) is 4.39 Å². The molecule has 3 heteroatoms. The van der Waals surface area contributed by atoms with Crippen molar-refractivity contribution < 1.29 is 4.39 Å². The molecule has 0 bridgehead atoms. The Balaban J connectivity index is 2.21. The van der Waals surface area contributed by atoms with Gasteiger partial charge in [-0.2, -0.15) is 0 Å². The fourth-order valence-electron chi connectivity index (χ4n) is 1.93. The minimum Gasteiger partial charge on any atom is -0.399 e. The smallest absolute Gasteiger partial charge is 0.127 e. The zero-order chi connectivity index (χ0) is 9.97. The molecule has 14 heavy (non-hydrogen) atoms. The number of nitrogens with two attached hydrogens (primary N) is 1. The molecule has 2 rings (SSSR count). The highest BCUT2D eigenvalue weighted by Gasteiger charge is 2.11. The molecule has 0 radical (unpaired) electrons. The third-order valence-corrected chi connectivity index (χ3v) is 2.63. The van der Waals surface area contributed by atoms with Gasteiger partial charge in [-0.1, -0.05) is 0 Å². The number of halogens is 1. The Bertz CT molecular complexity index is 299. The molecule has 1 heterocycles. The van der Waals surface area contributed by atoms with Gasteiger partial charge in [0.05, 0.1) is 0 Å². The summed E-state index contributed by atoms with van der Waals surface area (Å²) in [5, 5.41) is 0. The van der Waals surface area contributed by atoms with Crippen LogP contribution < -0.4 is 10.6 Å². The lowest BCUT2D eigenvalue weighted by Gasteiger charge is -2.28. The van der Waals surface area contributed by atoms with Crippen molar-refractivity contribution in [1.82, 2.24) is 0 Å². The van der Waals surface area contributed by atoms with Crippen LogP contribution >= 0.6 is 0 Å². The van der Waals surface area contributed by atoms with E-state index >= 15 is 0 Å². The van der Waals surface area contributed by atoms with Gasteiger partial charge >= 0.3 is 0 Å². The molecule has 0 aliphatic carbocycles. The van der Waals surface area contributed by atoms with Crippen molar-refractivity contribution in [1.29, 1.82) is 0 Å². The topological polar surface area (TPSA) is 29.3 Å². The predicted molar refractivity (Wildman–Crippen MR) is 56.9 cm³/mol. The van der Waals surface area contributed by atoms with Crippen LogP contribution in [-0.2, 0) is 0 Å². The first-order valence-corrected chi connectivity index (χ1v) is 5.07. The number of nitrogens with zero attached hydrogens (tertiary/aromatic N) is 1. The van der Waals surface area contributed by atoms with Gasteiger partial charge in [0.2, 0.25) is 0 Å². The summed E-state index contributed by atoms with van der Waals surface area (Å²) in [6.07, 6.45) is 3.66. The zero-order valence-electron chi connectivity index (χ0n) is 8.17. The van der Waals surface area contributed by atoms with Gasteiger partial charge in [-0.3, -0.25) is 0 Å². The average Bonchev–Trinajstić information content (AvgIpc) is 2.18. The Morgan fingerprint density at radius 2 is 1.79 bits per heavy atom. The van der Waals surface area contributed by atoms with Crippen molar-refractivity contribution >= 4 is 11.4 Å². The average molecular weight is 194 g/mol. The molecule has 0 unspecified atom stereocenters. The van der Waals surface area contributed by atoms with E-state index in [2.05, 4.69) is 4.90 Å². The minimum atomic E-state index is -0.245. The van der Waals surface area contributed by atoms with E-state index in [1.165, 1.54) is 25.3 Å². The van der Waals surface area contributed by atoms with Gasteiger partial charge in [-0.15, -0.1) is 0 Å². The van der Waals surface area contributed by atoms with E-state index in [1.807, 2.05) is 6.07 Å². The number of benzene rings is 1. The summed E-state index contributed by atoms with van der Waals surface area (Å²) in [7, 11) is 0. The molecular formula is C11H15FN2. The van der Waals surface area contributed by atoms with Crippen molar-refractivity contribution in [2.75, 3.05) is 23.7 Å². The minimum absolute atomic E-state index is 0.245. The van der Waals surface area contributed by atoms with Gasteiger partial charge in [-0.05, 0) is 37.5 Å². The van der Waals surface area contributed by atoms with Gasteiger partial charge in [0.1, 0.15) is 5.82 Å². The molecule has 1 fully saturated rings. The summed E-state index contributed by atoms with van der Waals surface area (Å²) in [4.78, 5) is 2.20. The second-order valence-corrected chi connectivity index (χ2v) is 3.79. The van der Waals surface area contributed by atoms with Gasteiger partial charge < -0.3 is 10.6 Å². The second-order valence-electron chi connectivity index (χ2n) is 3.79. The van der Waals surface area contributed by atoms with Gasteiger partial charge in [-0.25, -0.2) is 4.39 Å². The third kappa shape index (κ3) is 1.97. The largest absolute Gasteiger partial charge is 0.399 e. The van der Waals surface area contributed by atoms with Gasteiger partial charge in [0, 0.05) is 24.5 Å². The fourth-order valence-corrected chi connectivity index (χ4v) is 1.93. The van der Waals surface area contributed by atoms with E-state index in [4.69, 9.17) is 5.73 Å². The molecule has 0 spiro atoms. The molecule has 1 aromatic rings. The third-order valence-electron chi connectivity index (χ3n) is 2.63. The number of hydrogen-bond acceptors (Lipinski definition) is 2. The van der Waals surface area contributed by atoms with Gasteiger partial charge in [0.15, 0.2) is 0 Å². The van der Waals surface area contributed by atoms with E-state index in [0.717, 1.165) is 18.8 Å². The number of piperidine rings is 1. The molecule has 1 aromatic carbocycles. The van der Waals surface area contributed by atoms with E-state index < -0.39 is 0 Å². The molecule has 2 N–H and O–H groups in total. The second kappa shape index (κ2) is 3.86. The molecule has 0 saturated carbocycles. The molecule has 0 amide bonds. The van der Waals surface area contributed by atoms with Crippen LogP contribution in [0.2, 0.25) is 0 Å². The number of hydrogen-bond donors (Lipinski definition) is 1. The number of anilines is 2. The van der Waals surface area contributed by atoms with E-state index in [-0.39, 0.29) is 5.82 Å². The SMILES string of the molecule is Nc1cc(F)cc(N2CCCCC2)c1. The highest BCUT2D eigenvalue weighted by Crippen LogP contribution is 2.23. The van der Waals surface area contributed by atoms with Crippen molar-refractivity contribution in [3.8, 4) is 0 Å². The zero-order valence-corrected chi connectivity index (χ0v) is 8.17.